The van der Waals surface area contributed by atoms with Gasteiger partial charge in [-0.05, 0) is 18.9 Å². The van der Waals surface area contributed by atoms with Gasteiger partial charge in [-0.15, -0.1) is 12.4 Å². The van der Waals surface area contributed by atoms with E-state index in [1.165, 1.54) is 0 Å². The highest BCUT2D eigenvalue weighted by Crippen LogP contribution is 2.45. The van der Waals surface area contributed by atoms with Crippen LogP contribution in [0.25, 0.3) is 0 Å². The lowest BCUT2D eigenvalue weighted by Crippen LogP contribution is -2.54. The zero-order valence-electron chi connectivity index (χ0n) is 6.15. The molecule has 1 unspecified atom stereocenters. The van der Waals surface area contributed by atoms with Crippen LogP contribution in [0.5, 0.6) is 0 Å². The van der Waals surface area contributed by atoms with Crippen molar-refractivity contribution >= 4 is 12.4 Å². The Labute approximate surface area is 71.0 Å². The molecule has 2 rings (SSSR count). The average molecular weight is 184 g/mol. The maximum atomic E-state index is 12.3. The van der Waals surface area contributed by atoms with Gasteiger partial charge in [-0.1, -0.05) is 0 Å². The van der Waals surface area contributed by atoms with E-state index in [9.17, 15) is 8.78 Å². The van der Waals surface area contributed by atoms with Gasteiger partial charge in [0.2, 0.25) is 5.92 Å². The molecule has 1 heterocycles. The molecule has 0 aromatic rings. The van der Waals surface area contributed by atoms with Gasteiger partial charge in [0.25, 0.3) is 0 Å². The first-order chi connectivity index (χ1) is 4.67. The van der Waals surface area contributed by atoms with E-state index in [2.05, 4.69) is 5.32 Å². The Hall–Kier alpha value is 0.110. The number of hydrogen-bond acceptors (Lipinski definition) is 1. The zero-order valence-corrected chi connectivity index (χ0v) is 6.96. The fraction of sp³-hybridized carbons (Fsp3) is 1.00. The third-order valence-electron chi connectivity index (χ3n) is 2.55. The third-order valence-corrected chi connectivity index (χ3v) is 2.55. The highest BCUT2D eigenvalue weighted by molar-refractivity contribution is 5.85. The molecule has 0 radical (unpaired) electrons. The van der Waals surface area contributed by atoms with Crippen LogP contribution in [-0.2, 0) is 0 Å². The van der Waals surface area contributed by atoms with Crippen molar-refractivity contribution in [1.29, 1.82) is 0 Å². The summed E-state index contributed by atoms with van der Waals surface area (Å²) in [5.74, 6) is -2.06. The van der Waals surface area contributed by atoms with Crippen molar-refractivity contribution < 1.29 is 8.78 Å². The molecule has 0 bridgehead atoms. The van der Waals surface area contributed by atoms with Gasteiger partial charge >= 0.3 is 0 Å². The van der Waals surface area contributed by atoms with Crippen LogP contribution in [0.15, 0.2) is 0 Å². The quantitative estimate of drug-likeness (QED) is 0.654. The van der Waals surface area contributed by atoms with E-state index in [1.807, 2.05) is 0 Å². The minimum atomic E-state index is -2.33. The Morgan fingerprint density at radius 1 is 1.27 bits per heavy atom. The predicted octanol–water partition coefficient (Wildman–Crippen LogP) is 1.82. The molecule has 1 N–H and O–H groups in total. The molecule has 1 aliphatic heterocycles. The lowest BCUT2D eigenvalue weighted by Gasteiger charge is -2.44. The fourth-order valence-electron chi connectivity index (χ4n) is 1.71. The van der Waals surface area contributed by atoms with Gasteiger partial charge in [0, 0.05) is 18.9 Å². The minimum Gasteiger partial charge on any atom is -0.314 e. The van der Waals surface area contributed by atoms with E-state index in [1.54, 1.807) is 0 Å². The van der Waals surface area contributed by atoms with Crippen LogP contribution in [0.1, 0.15) is 19.3 Å². The first kappa shape index (κ1) is 9.20. The van der Waals surface area contributed by atoms with Crippen molar-refractivity contribution in [2.24, 2.45) is 5.92 Å². The van der Waals surface area contributed by atoms with Crippen molar-refractivity contribution in [3.8, 4) is 0 Å². The predicted molar refractivity (Wildman–Crippen MR) is 41.3 cm³/mol. The molecule has 0 amide bonds. The Morgan fingerprint density at radius 3 is 2.09 bits per heavy atom. The molecule has 1 nitrogen and oxygen atoms in total. The van der Waals surface area contributed by atoms with Crippen LogP contribution < -0.4 is 5.32 Å². The largest absolute Gasteiger partial charge is 0.314 e. The van der Waals surface area contributed by atoms with E-state index >= 15 is 0 Å². The SMILES string of the molecule is Cl.FC1(F)CC(C2CCN2)C1. The highest BCUT2D eigenvalue weighted by atomic mass is 35.5. The van der Waals surface area contributed by atoms with Crippen molar-refractivity contribution in [3.63, 3.8) is 0 Å². The summed E-state index contributed by atoms with van der Waals surface area (Å²) < 4.78 is 24.6. The van der Waals surface area contributed by atoms with Crippen molar-refractivity contribution in [2.45, 2.75) is 31.2 Å². The van der Waals surface area contributed by atoms with Crippen LogP contribution in [0, 0.1) is 5.92 Å². The Morgan fingerprint density at radius 2 is 1.82 bits per heavy atom. The fourth-order valence-corrected chi connectivity index (χ4v) is 1.71. The summed E-state index contributed by atoms with van der Waals surface area (Å²) in [6.45, 7) is 1.02. The number of alkyl halides is 2. The van der Waals surface area contributed by atoms with Crippen molar-refractivity contribution in [1.82, 2.24) is 5.32 Å². The number of rotatable bonds is 1. The van der Waals surface area contributed by atoms with Crippen LogP contribution in [0.4, 0.5) is 8.78 Å². The molecule has 11 heavy (non-hydrogen) atoms. The summed E-state index contributed by atoms with van der Waals surface area (Å²) in [6.07, 6.45) is 1.33. The zero-order chi connectivity index (χ0) is 7.19. The molecule has 2 aliphatic rings. The molecule has 4 heteroatoms. The smallest absolute Gasteiger partial charge is 0.248 e. The monoisotopic (exact) mass is 183 g/mol. The minimum absolute atomic E-state index is 0. The lowest BCUT2D eigenvalue weighted by atomic mass is 9.73. The van der Waals surface area contributed by atoms with E-state index in [4.69, 9.17) is 0 Å². The van der Waals surface area contributed by atoms with Gasteiger partial charge in [0.15, 0.2) is 0 Å². The molecule has 1 saturated carbocycles. The van der Waals surface area contributed by atoms with E-state index in [-0.39, 0.29) is 31.2 Å². The lowest BCUT2D eigenvalue weighted by molar-refractivity contribution is -0.124. The molecular formula is C7H12ClF2N. The Balaban J connectivity index is 0.000000605. The van der Waals surface area contributed by atoms with E-state index < -0.39 is 5.92 Å². The first-order valence-corrected chi connectivity index (χ1v) is 3.79. The van der Waals surface area contributed by atoms with Crippen LogP contribution in [-0.4, -0.2) is 18.5 Å². The standard InChI is InChI=1S/C7H11F2N.ClH/c8-7(9)3-5(4-7)6-1-2-10-6;/h5-6,10H,1-4H2;1H. The van der Waals surface area contributed by atoms with E-state index in [0.29, 0.717) is 6.04 Å². The highest BCUT2D eigenvalue weighted by Gasteiger charge is 2.49. The van der Waals surface area contributed by atoms with E-state index in [0.717, 1.165) is 13.0 Å². The average Bonchev–Trinajstić information content (AvgIpc) is 1.54. The summed E-state index contributed by atoms with van der Waals surface area (Å²) in [5.41, 5.74) is 0. The summed E-state index contributed by atoms with van der Waals surface area (Å²) in [7, 11) is 0. The van der Waals surface area contributed by atoms with Crippen LogP contribution in [0.3, 0.4) is 0 Å². The normalized spacial score (nSPS) is 34.9. The Bertz CT molecular complexity index is 139. The topological polar surface area (TPSA) is 12.0 Å². The van der Waals surface area contributed by atoms with Gasteiger partial charge in [-0.25, -0.2) is 8.78 Å². The molecule has 1 atom stereocenters. The molecular weight excluding hydrogens is 172 g/mol. The van der Waals surface area contributed by atoms with Crippen LogP contribution in [0.2, 0.25) is 0 Å². The Kier molecular flexibility index (Phi) is 2.40. The van der Waals surface area contributed by atoms with Gasteiger partial charge in [-0.3, -0.25) is 0 Å². The second-order valence-corrected chi connectivity index (χ2v) is 3.37. The maximum Gasteiger partial charge on any atom is 0.248 e. The summed E-state index contributed by atoms with van der Waals surface area (Å²) in [4.78, 5) is 0. The number of nitrogens with one attached hydrogen (secondary N) is 1. The summed E-state index contributed by atoms with van der Waals surface area (Å²) in [6, 6.07) is 0.416. The van der Waals surface area contributed by atoms with Crippen molar-refractivity contribution in [2.75, 3.05) is 6.54 Å². The van der Waals surface area contributed by atoms with Crippen molar-refractivity contribution in [3.05, 3.63) is 0 Å². The van der Waals surface area contributed by atoms with Gasteiger partial charge in [-0.2, -0.15) is 0 Å². The van der Waals surface area contributed by atoms with Gasteiger partial charge in [0.1, 0.15) is 0 Å². The summed E-state index contributed by atoms with van der Waals surface area (Å²) >= 11 is 0. The second-order valence-electron chi connectivity index (χ2n) is 3.37. The third kappa shape index (κ3) is 1.64. The first-order valence-electron chi connectivity index (χ1n) is 3.79. The second kappa shape index (κ2) is 2.87. The molecule has 0 spiro atoms. The molecule has 1 aliphatic carbocycles. The summed E-state index contributed by atoms with van der Waals surface area (Å²) in [5, 5.41) is 3.15. The number of hydrogen-bond donors (Lipinski definition) is 1. The molecule has 1 saturated heterocycles. The molecule has 2 fully saturated rings. The maximum absolute atomic E-state index is 12.3. The molecule has 0 aromatic heterocycles. The number of halogens is 3. The van der Waals surface area contributed by atoms with Gasteiger partial charge in [0.05, 0.1) is 0 Å². The molecule has 66 valence electrons. The van der Waals surface area contributed by atoms with Gasteiger partial charge < -0.3 is 5.32 Å². The molecule has 0 aromatic carbocycles. The van der Waals surface area contributed by atoms with Crippen LogP contribution >= 0.6 is 12.4 Å².